The highest BCUT2D eigenvalue weighted by atomic mass is 32.2. The van der Waals surface area contributed by atoms with Crippen LogP contribution in [0.3, 0.4) is 0 Å². The number of ether oxygens (including phenoxy) is 1. The predicted molar refractivity (Wildman–Crippen MR) is 77.3 cm³/mol. The van der Waals surface area contributed by atoms with Crippen LogP contribution >= 0.6 is 0 Å². The van der Waals surface area contributed by atoms with Crippen LogP contribution in [0.15, 0.2) is 23.1 Å². The molecular weight excluding hydrogens is 280 g/mol. The van der Waals surface area contributed by atoms with E-state index < -0.39 is 10.0 Å². The number of hydrogen-bond acceptors (Lipinski definition) is 5. The lowest BCUT2D eigenvalue weighted by molar-refractivity contribution is 0.280. The summed E-state index contributed by atoms with van der Waals surface area (Å²) in [6.45, 7) is 3.66. The Balaban J connectivity index is 2.86. The summed E-state index contributed by atoms with van der Waals surface area (Å²) in [4.78, 5) is 2.09. The molecule has 0 aliphatic carbocycles. The molecule has 0 spiro atoms. The molecule has 0 atom stereocenters. The largest absolute Gasteiger partial charge is 0.495 e. The van der Waals surface area contributed by atoms with Crippen molar-refractivity contribution in [1.29, 1.82) is 0 Å². The zero-order valence-electron chi connectivity index (χ0n) is 12.1. The van der Waals surface area contributed by atoms with Crippen LogP contribution in [0.4, 0.5) is 0 Å². The van der Waals surface area contributed by atoms with Crippen LogP contribution in [0.5, 0.6) is 5.75 Å². The third kappa shape index (κ3) is 4.45. The fourth-order valence-electron chi connectivity index (χ4n) is 1.64. The number of benzene rings is 1. The van der Waals surface area contributed by atoms with Crippen molar-refractivity contribution in [2.24, 2.45) is 0 Å². The second kappa shape index (κ2) is 7.58. The first kappa shape index (κ1) is 16.9. The standard InChI is InChI=1S/C13H22N2O4S/c1-4-15(2)8-7-14-20(17,18)13-6-5-11(10-16)9-12(13)19-3/h5-6,9,14,16H,4,7-8,10H2,1-3H3. The highest BCUT2D eigenvalue weighted by Gasteiger charge is 2.19. The van der Waals surface area contributed by atoms with E-state index in [1.807, 2.05) is 18.9 Å². The molecule has 2 N–H and O–H groups in total. The lowest BCUT2D eigenvalue weighted by atomic mass is 10.2. The zero-order chi connectivity index (χ0) is 15.2. The predicted octanol–water partition coefficient (Wildman–Crippen LogP) is 0.417. The number of aliphatic hydroxyl groups excluding tert-OH is 1. The summed E-state index contributed by atoms with van der Waals surface area (Å²) in [5, 5.41) is 9.05. The molecule has 0 aliphatic heterocycles. The van der Waals surface area contributed by atoms with Gasteiger partial charge in [0.05, 0.1) is 13.7 Å². The number of sulfonamides is 1. The Bertz CT molecular complexity index is 531. The van der Waals surface area contributed by atoms with E-state index in [1.165, 1.54) is 19.2 Å². The number of hydrogen-bond donors (Lipinski definition) is 2. The van der Waals surface area contributed by atoms with E-state index in [1.54, 1.807) is 6.07 Å². The Labute approximate surface area is 120 Å². The topological polar surface area (TPSA) is 78.9 Å². The Morgan fingerprint density at radius 3 is 2.65 bits per heavy atom. The first-order valence-corrected chi connectivity index (χ1v) is 7.89. The molecule has 0 saturated carbocycles. The first-order valence-electron chi connectivity index (χ1n) is 6.40. The third-order valence-corrected chi connectivity index (χ3v) is 4.53. The van der Waals surface area contributed by atoms with Crippen molar-refractivity contribution in [3.05, 3.63) is 23.8 Å². The van der Waals surface area contributed by atoms with Gasteiger partial charge in [0.2, 0.25) is 10.0 Å². The van der Waals surface area contributed by atoms with Gasteiger partial charge in [-0.1, -0.05) is 13.0 Å². The smallest absolute Gasteiger partial charge is 0.244 e. The summed E-state index contributed by atoms with van der Waals surface area (Å²) in [6, 6.07) is 4.53. The van der Waals surface area contributed by atoms with E-state index in [0.29, 0.717) is 18.7 Å². The molecular formula is C13H22N2O4S. The molecule has 20 heavy (non-hydrogen) atoms. The quantitative estimate of drug-likeness (QED) is 0.727. The van der Waals surface area contributed by atoms with Crippen molar-refractivity contribution < 1.29 is 18.3 Å². The first-order chi connectivity index (χ1) is 9.44. The van der Waals surface area contributed by atoms with Crippen LogP contribution in [0, 0.1) is 0 Å². The monoisotopic (exact) mass is 302 g/mol. The lowest BCUT2D eigenvalue weighted by Crippen LogP contribution is -2.33. The minimum Gasteiger partial charge on any atom is -0.495 e. The minimum absolute atomic E-state index is 0.0800. The van der Waals surface area contributed by atoms with Gasteiger partial charge in [0, 0.05) is 13.1 Å². The van der Waals surface area contributed by atoms with Crippen LogP contribution in [0.2, 0.25) is 0 Å². The van der Waals surface area contributed by atoms with Crippen molar-refractivity contribution in [3.8, 4) is 5.75 Å². The van der Waals surface area contributed by atoms with E-state index in [9.17, 15) is 8.42 Å². The summed E-state index contributed by atoms with van der Waals surface area (Å²) in [7, 11) is -0.291. The number of methoxy groups -OCH3 is 1. The van der Waals surface area contributed by atoms with Gasteiger partial charge >= 0.3 is 0 Å². The van der Waals surface area contributed by atoms with Gasteiger partial charge in [0.25, 0.3) is 0 Å². The minimum atomic E-state index is -3.62. The second-order valence-electron chi connectivity index (χ2n) is 4.44. The normalized spacial score (nSPS) is 11.8. The summed E-state index contributed by atoms with van der Waals surface area (Å²) >= 11 is 0. The molecule has 0 fully saturated rings. The molecule has 1 aromatic rings. The molecule has 6 nitrogen and oxygen atoms in total. The van der Waals surface area contributed by atoms with Crippen molar-refractivity contribution in [2.45, 2.75) is 18.4 Å². The molecule has 0 heterocycles. The average molecular weight is 302 g/mol. The third-order valence-electron chi connectivity index (χ3n) is 3.03. The molecule has 0 bridgehead atoms. The van der Waals surface area contributed by atoms with E-state index >= 15 is 0 Å². The molecule has 0 radical (unpaired) electrons. The maximum atomic E-state index is 12.2. The maximum absolute atomic E-state index is 12.2. The van der Waals surface area contributed by atoms with Crippen LogP contribution in [0.25, 0.3) is 0 Å². The molecule has 0 amide bonds. The van der Waals surface area contributed by atoms with Crippen LogP contribution in [0.1, 0.15) is 12.5 Å². The maximum Gasteiger partial charge on any atom is 0.244 e. The molecule has 0 aliphatic rings. The Kier molecular flexibility index (Phi) is 6.41. The Morgan fingerprint density at radius 1 is 1.40 bits per heavy atom. The molecule has 114 valence electrons. The number of rotatable bonds is 8. The summed E-state index contributed by atoms with van der Waals surface area (Å²) in [5.41, 5.74) is 0.603. The van der Waals surface area contributed by atoms with Gasteiger partial charge in [0.1, 0.15) is 10.6 Å². The molecule has 0 unspecified atom stereocenters. The number of nitrogens with zero attached hydrogens (tertiary/aromatic N) is 1. The number of nitrogens with one attached hydrogen (secondary N) is 1. The van der Waals surface area contributed by atoms with Gasteiger partial charge in [-0.25, -0.2) is 13.1 Å². The summed E-state index contributed by atoms with van der Waals surface area (Å²) in [5.74, 6) is 0.230. The van der Waals surface area contributed by atoms with Crippen molar-refractivity contribution in [3.63, 3.8) is 0 Å². The fourth-order valence-corrected chi connectivity index (χ4v) is 2.81. The summed E-state index contributed by atoms with van der Waals surface area (Å²) < 4.78 is 32.0. The second-order valence-corrected chi connectivity index (χ2v) is 6.17. The van der Waals surface area contributed by atoms with Gasteiger partial charge in [-0.3, -0.25) is 0 Å². The van der Waals surface area contributed by atoms with Crippen molar-refractivity contribution in [1.82, 2.24) is 9.62 Å². The SMILES string of the molecule is CCN(C)CCNS(=O)(=O)c1ccc(CO)cc1OC. The van der Waals surface area contributed by atoms with Gasteiger partial charge < -0.3 is 14.7 Å². The zero-order valence-corrected chi connectivity index (χ0v) is 12.9. The highest BCUT2D eigenvalue weighted by Crippen LogP contribution is 2.24. The lowest BCUT2D eigenvalue weighted by Gasteiger charge is -2.15. The van der Waals surface area contributed by atoms with E-state index in [2.05, 4.69) is 4.72 Å². The molecule has 1 aromatic carbocycles. The molecule has 7 heteroatoms. The highest BCUT2D eigenvalue weighted by molar-refractivity contribution is 7.89. The van der Waals surface area contributed by atoms with E-state index in [0.717, 1.165) is 6.54 Å². The summed E-state index contributed by atoms with van der Waals surface area (Å²) in [6.07, 6.45) is 0. The Hall–Kier alpha value is -1.15. The molecule has 1 rings (SSSR count). The average Bonchev–Trinajstić information content (AvgIpc) is 2.45. The van der Waals surface area contributed by atoms with Gasteiger partial charge in [0.15, 0.2) is 0 Å². The van der Waals surface area contributed by atoms with Crippen LogP contribution < -0.4 is 9.46 Å². The van der Waals surface area contributed by atoms with Crippen LogP contribution in [-0.4, -0.2) is 52.2 Å². The fraction of sp³-hybridized carbons (Fsp3) is 0.538. The van der Waals surface area contributed by atoms with Gasteiger partial charge in [-0.2, -0.15) is 0 Å². The molecule has 0 aromatic heterocycles. The number of likely N-dealkylation sites (N-methyl/N-ethyl adjacent to an activating group) is 1. The number of aliphatic hydroxyl groups is 1. The molecule has 0 saturated heterocycles. The van der Waals surface area contributed by atoms with Gasteiger partial charge in [-0.05, 0) is 31.3 Å². The van der Waals surface area contributed by atoms with Crippen molar-refractivity contribution in [2.75, 3.05) is 33.8 Å². The van der Waals surface area contributed by atoms with Crippen molar-refractivity contribution >= 4 is 10.0 Å². The van der Waals surface area contributed by atoms with Crippen LogP contribution in [-0.2, 0) is 16.6 Å². The van der Waals surface area contributed by atoms with Gasteiger partial charge in [-0.15, -0.1) is 0 Å². The van der Waals surface area contributed by atoms with E-state index in [4.69, 9.17) is 9.84 Å². The van der Waals surface area contributed by atoms with E-state index in [-0.39, 0.29) is 17.3 Å². The Morgan fingerprint density at radius 2 is 2.10 bits per heavy atom.